The molecule has 0 aliphatic heterocycles. The molecular formula is C17H19N3O2. The fourth-order valence-corrected chi connectivity index (χ4v) is 2.07. The van der Waals surface area contributed by atoms with Crippen LogP contribution in [0.2, 0.25) is 0 Å². The second-order valence-electron chi connectivity index (χ2n) is 4.99. The first-order valence-electron chi connectivity index (χ1n) is 7.03. The lowest BCUT2D eigenvalue weighted by Crippen LogP contribution is -2.22. The van der Waals surface area contributed by atoms with Gasteiger partial charge in [-0.3, -0.25) is 9.59 Å². The zero-order valence-electron chi connectivity index (χ0n) is 12.4. The van der Waals surface area contributed by atoms with E-state index in [2.05, 4.69) is 10.6 Å². The minimum atomic E-state index is -0.250. The van der Waals surface area contributed by atoms with E-state index in [0.29, 0.717) is 12.1 Å². The summed E-state index contributed by atoms with van der Waals surface area (Å²) < 4.78 is 0. The first-order valence-corrected chi connectivity index (χ1v) is 7.03. The van der Waals surface area contributed by atoms with Crippen molar-refractivity contribution >= 4 is 23.2 Å². The molecule has 4 N–H and O–H groups in total. The fraction of sp³-hybridized carbons (Fsp3) is 0.176. The topological polar surface area (TPSA) is 84.2 Å². The molecule has 114 valence electrons. The zero-order valence-corrected chi connectivity index (χ0v) is 12.4. The van der Waals surface area contributed by atoms with Gasteiger partial charge in [0, 0.05) is 11.4 Å². The van der Waals surface area contributed by atoms with Crippen LogP contribution in [0.15, 0.2) is 48.5 Å². The Morgan fingerprint density at radius 2 is 1.73 bits per heavy atom. The minimum absolute atomic E-state index is 0.0609. The third-order valence-electron chi connectivity index (χ3n) is 3.18. The van der Waals surface area contributed by atoms with Crippen LogP contribution in [-0.4, -0.2) is 18.4 Å². The van der Waals surface area contributed by atoms with Crippen LogP contribution in [-0.2, 0) is 16.0 Å². The third kappa shape index (κ3) is 4.43. The number of nitrogens with one attached hydrogen (secondary N) is 2. The Hall–Kier alpha value is -2.66. The van der Waals surface area contributed by atoms with E-state index in [9.17, 15) is 9.59 Å². The molecule has 0 spiro atoms. The molecule has 0 heterocycles. The van der Waals surface area contributed by atoms with Gasteiger partial charge in [-0.15, -0.1) is 0 Å². The van der Waals surface area contributed by atoms with E-state index in [0.717, 1.165) is 16.8 Å². The van der Waals surface area contributed by atoms with Gasteiger partial charge in [0.05, 0.1) is 13.0 Å². The predicted octanol–water partition coefficient (Wildman–Crippen LogP) is 2.07. The Morgan fingerprint density at radius 3 is 2.36 bits per heavy atom. The van der Waals surface area contributed by atoms with Gasteiger partial charge in [-0.05, 0) is 36.2 Å². The number of carbonyl (C=O) groups excluding carboxylic acids is 2. The standard InChI is InChI=1S/C17H19N3O2/c1-12-9-14(19-17(22)11-18)7-8-15(12)20-16(21)10-13-5-3-2-4-6-13/h2-9H,10-11,18H2,1H3,(H,19,22)(H,20,21). The van der Waals surface area contributed by atoms with Crippen LogP contribution in [0.4, 0.5) is 11.4 Å². The van der Waals surface area contributed by atoms with E-state index in [1.807, 2.05) is 37.3 Å². The van der Waals surface area contributed by atoms with E-state index in [4.69, 9.17) is 5.73 Å². The summed E-state index contributed by atoms with van der Waals surface area (Å²) >= 11 is 0. The average Bonchev–Trinajstić information content (AvgIpc) is 2.51. The predicted molar refractivity (Wildman–Crippen MR) is 87.6 cm³/mol. The summed E-state index contributed by atoms with van der Waals surface area (Å²) in [5, 5.41) is 5.55. The average molecular weight is 297 g/mol. The van der Waals surface area contributed by atoms with Crippen molar-refractivity contribution in [3.63, 3.8) is 0 Å². The van der Waals surface area contributed by atoms with Gasteiger partial charge in [-0.25, -0.2) is 0 Å². The van der Waals surface area contributed by atoms with E-state index >= 15 is 0 Å². The maximum absolute atomic E-state index is 12.0. The minimum Gasteiger partial charge on any atom is -0.326 e. The van der Waals surface area contributed by atoms with Gasteiger partial charge in [-0.1, -0.05) is 30.3 Å². The van der Waals surface area contributed by atoms with E-state index < -0.39 is 0 Å². The molecule has 2 aromatic carbocycles. The number of hydrogen-bond acceptors (Lipinski definition) is 3. The van der Waals surface area contributed by atoms with Crippen LogP contribution < -0.4 is 16.4 Å². The Balaban J connectivity index is 2.00. The second-order valence-corrected chi connectivity index (χ2v) is 4.99. The van der Waals surface area contributed by atoms with Crippen molar-refractivity contribution in [1.82, 2.24) is 0 Å². The Kier molecular flexibility index (Phi) is 5.27. The molecule has 0 unspecified atom stereocenters. The van der Waals surface area contributed by atoms with E-state index in [-0.39, 0.29) is 18.4 Å². The summed E-state index contributed by atoms with van der Waals surface area (Å²) in [7, 11) is 0. The maximum atomic E-state index is 12.0. The number of aryl methyl sites for hydroxylation is 1. The molecule has 22 heavy (non-hydrogen) atoms. The summed E-state index contributed by atoms with van der Waals surface area (Å²) in [6.45, 7) is 1.81. The van der Waals surface area contributed by atoms with Gasteiger partial charge in [0.25, 0.3) is 0 Å². The molecule has 2 amide bonds. The van der Waals surface area contributed by atoms with Crippen LogP contribution in [0.25, 0.3) is 0 Å². The van der Waals surface area contributed by atoms with Gasteiger partial charge < -0.3 is 16.4 Å². The van der Waals surface area contributed by atoms with Crippen molar-refractivity contribution in [3.05, 3.63) is 59.7 Å². The van der Waals surface area contributed by atoms with Crippen molar-refractivity contribution in [2.45, 2.75) is 13.3 Å². The molecule has 0 atom stereocenters. The first-order chi connectivity index (χ1) is 10.6. The van der Waals surface area contributed by atoms with Crippen LogP contribution >= 0.6 is 0 Å². The lowest BCUT2D eigenvalue weighted by molar-refractivity contribution is -0.116. The molecule has 0 radical (unpaired) electrons. The summed E-state index contributed by atoms with van der Waals surface area (Å²) in [5.74, 6) is -0.326. The van der Waals surface area contributed by atoms with Gasteiger partial charge >= 0.3 is 0 Å². The lowest BCUT2D eigenvalue weighted by atomic mass is 10.1. The number of rotatable bonds is 5. The van der Waals surface area contributed by atoms with Crippen molar-refractivity contribution in [2.75, 3.05) is 17.2 Å². The van der Waals surface area contributed by atoms with E-state index in [1.54, 1.807) is 18.2 Å². The molecule has 0 saturated carbocycles. The molecule has 0 aliphatic rings. The van der Waals surface area contributed by atoms with Crippen molar-refractivity contribution in [2.24, 2.45) is 5.73 Å². The zero-order chi connectivity index (χ0) is 15.9. The van der Waals surface area contributed by atoms with Crippen LogP contribution in [0.5, 0.6) is 0 Å². The Morgan fingerprint density at radius 1 is 1.00 bits per heavy atom. The quantitative estimate of drug-likeness (QED) is 0.790. The molecule has 2 aromatic rings. The molecule has 0 fully saturated rings. The van der Waals surface area contributed by atoms with Crippen LogP contribution in [0.1, 0.15) is 11.1 Å². The molecule has 0 aliphatic carbocycles. The number of anilines is 2. The monoisotopic (exact) mass is 297 g/mol. The Bertz CT molecular complexity index is 669. The fourth-order valence-electron chi connectivity index (χ4n) is 2.07. The van der Waals surface area contributed by atoms with E-state index in [1.165, 1.54) is 0 Å². The highest BCUT2D eigenvalue weighted by atomic mass is 16.2. The van der Waals surface area contributed by atoms with Gasteiger partial charge in [0.15, 0.2) is 0 Å². The molecule has 5 nitrogen and oxygen atoms in total. The van der Waals surface area contributed by atoms with Crippen LogP contribution in [0.3, 0.4) is 0 Å². The summed E-state index contributed by atoms with van der Waals surface area (Å²) in [5.41, 5.74) is 8.48. The van der Waals surface area contributed by atoms with Gasteiger partial charge in [0.1, 0.15) is 0 Å². The first kappa shape index (κ1) is 15.7. The number of hydrogen-bond donors (Lipinski definition) is 3. The summed E-state index contributed by atoms with van der Waals surface area (Å²) in [6.07, 6.45) is 0.325. The number of nitrogens with two attached hydrogens (primary N) is 1. The normalized spacial score (nSPS) is 10.1. The van der Waals surface area contributed by atoms with Crippen molar-refractivity contribution in [3.8, 4) is 0 Å². The molecule has 0 saturated heterocycles. The largest absolute Gasteiger partial charge is 0.326 e. The Labute approximate surface area is 129 Å². The smallest absolute Gasteiger partial charge is 0.238 e. The summed E-state index contributed by atoms with van der Waals surface area (Å²) in [6, 6.07) is 14.9. The molecule has 5 heteroatoms. The highest BCUT2D eigenvalue weighted by molar-refractivity contribution is 5.95. The molecule has 0 bridgehead atoms. The SMILES string of the molecule is Cc1cc(NC(=O)CN)ccc1NC(=O)Cc1ccccc1. The second kappa shape index (κ2) is 7.38. The molecule has 2 rings (SSSR count). The lowest BCUT2D eigenvalue weighted by Gasteiger charge is -2.11. The van der Waals surface area contributed by atoms with Crippen molar-refractivity contribution < 1.29 is 9.59 Å². The number of carbonyl (C=O) groups is 2. The maximum Gasteiger partial charge on any atom is 0.238 e. The van der Waals surface area contributed by atoms with Crippen molar-refractivity contribution in [1.29, 1.82) is 0 Å². The van der Waals surface area contributed by atoms with Gasteiger partial charge in [-0.2, -0.15) is 0 Å². The molecule has 0 aromatic heterocycles. The third-order valence-corrected chi connectivity index (χ3v) is 3.18. The highest BCUT2D eigenvalue weighted by Crippen LogP contribution is 2.20. The molecular weight excluding hydrogens is 278 g/mol. The number of amides is 2. The highest BCUT2D eigenvalue weighted by Gasteiger charge is 2.07. The van der Waals surface area contributed by atoms with Crippen LogP contribution in [0, 0.1) is 6.92 Å². The summed E-state index contributed by atoms with van der Waals surface area (Å²) in [4.78, 5) is 23.3. The van der Waals surface area contributed by atoms with Gasteiger partial charge in [0.2, 0.25) is 11.8 Å². The number of benzene rings is 2.